The highest BCUT2D eigenvalue weighted by Crippen LogP contribution is 2.47. The van der Waals surface area contributed by atoms with E-state index in [0.717, 1.165) is 0 Å². The normalized spacial score (nSPS) is 10.2. The van der Waals surface area contributed by atoms with Gasteiger partial charge in [0.2, 0.25) is 0 Å². The van der Waals surface area contributed by atoms with E-state index in [0.29, 0.717) is 57.5 Å². The molecule has 22 heavy (non-hydrogen) atoms. The summed E-state index contributed by atoms with van der Waals surface area (Å²) in [6, 6.07) is 3.06. The van der Waals surface area contributed by atoms with E-state index in [1.54, 1.807) is 0 Å². The van der Waals surface area contributed by atoms with Crippen LogP contribution in [0.25, 0.3) is 10.8 Å². The summed E-state index contributed by atoms with van der Waals surface area (Å²) < 4.78 is 21.4. The summed E-state index contributed by atoms with van der Waals surface area (Å²) in [5.41, 5.74) is 0.622. The number of hydrogen-bond acceptors (Lipinski definition) is 6. The summed E-state index contributed by atoms with van der Waals surface area (Å²) in [6.45, 7) is 0. The third-order valence-electron chi connectivity index (χ3n) is 3.40. The molecule has 0 saturated heterocycles. The topological polar surface area (TPSA) is 71.1 Å². The van der Waals surface area contributed by atoms with Crippen LogP contribution in [0, 0.1) is 0 Å². The minimum atomic E-state index is 0.311. The van der Waals surface area contributed by atoms with Crippen LogP contribution in [0.5, 0.6) is 23.0 Å². The molecule has 0 aliphatic rings. The van der Waals surface area contributed by atoms with E-state index < -0.39 is 0 Å². The van der Waals surface area contributed by atoms with Crippen LogP contribution in [0.4, 0.5) is 0 Å². The summed E-state index contributed by atoms with van der Waals surface area (Å²) in [6.07, 6.45) is 1.33. The Hall–Kier alpha value is -2.76. The maximum atomic E-state index is 11.3. The Balaban J connectivity index is 3.13. The first-order valence-corrected chi connectivity index (χ1v) is 6.40. The van der Waals surface area contributed by atoms with Gasteiger partial charge in [0.05, 0.1) is 50.3 Å². The number of fused-ring (bicyclic) bond motifs is 1. The Morgan fingerprint density at radius 1 is 0.682 bits per heavy atom. The molecule has 0 atom stereocenters. The van der Waals surface area contributed by atoms with Gasteiger partial charge in [0, 0.05) is 0 Å². The number of ether oxygens (including phenoxy) is 4. The van der Waals surface area contributed by atoms with Crippen molar-refractivity contribution in [1.29, 1.82) is 0 Å². The van der Waals surface area contributed by atoms with Gasteiger partial charge in [0.15, 0.2) is 12.6 Å². The van der Waals surface area contributed by atoms with Crippen LogP contribution in [0.15, 0.2) is 12.1 Å². The van der Waals surface area contributed by atoms with E-state index >= 15 is 0 Å². The maximum absolute atomic E-state index is 11.3. The van der Waals surface area contributed by atoms with Crippen molar-refractivity contribution in [1.82, 2.24) is 0 Å². The Labute approximate surface area is 127 Å². The fourth-order valence-corrected chi connectivity index (χ4v) is 2.48. The molecule has 0 amide bonds. The number of aldehydes is 2. The number of carbonyl (C=O) groups excluding carboxylic acids is 2. The van der Waals surface area contributed by atoms with E-state index in [-0.39, 0.29) is 0 Å². The molecule has 0 spiro atoms. The molecule has 116 valence electrons. The monoisotopic (exact) mass is 304 g/mol. The predicted molar refractivity (Wildman–Crippen MR) is 80.9 cm³/mol. The van der Waals surface area contributed by atoms with Gasteiger partial charge in [-0.15, -0.1) is 0 Å². The molecule has 0 N–H and O–H groups in total. The zero-order chi connectivity index (χ0) is 16.3. The molecular weight excluding hydrogens is 288 g/mol. The third-order valence-corrected chi connectivity index (χ3v) is 3.40. The van der Waals surface area contributed by atoms with E-state index in [4.69, 9.17) is 18.9 Å². The largest absolute Gasteiger partial charge is 0.496 e. The molecule has 0 aliphatic carbocycles. The molecule has 0 aliphatic heterocycles. The number of rotatable bonds is 6. The summed E-state index contributed by atoms with van der Waals surface area (Å²) in [5.74, 6) is 1.44. The minimum absolute atomic E-state index is 0.311. The first-order chi connectivity index (χ1) is 10.7. The van der Waals surface area contributed by atoms with Crippen molar-refractivity contribution in [3.05, 3.63) is 23.3 Å². The average Bonchev–Trinajstić information content (AvgIpc) is 2.58. The highest BCUT2D eigenvalue weighted by Gasteiger charge is 2.23. The summed E-state index contributed by atoms with van der Waals surface area (Å²) in [4.78, 5) is 22.6. The van der Waals surface area contributed by atoms with Crippen LogP contribution in [0.2, 0.25) is 0 Å². The number of methoxy groups -OCH3 is 4. The first kappa shape index (κ1) is 15.6. The van der Waals surface area contributed by atoms with Gasteiger partial charge >= 0.3 is 0 Å². The number of benzene rings is 2. The van der Waals surface area contributed by atoms with Crippen molar-refractivity contribution in [3.63, 3.8) is 0 Å². The fourth-order valence-electron chi connectivity index (χ4n) is 2.48. The Morgan fingerprint density at radius 2 is 1.05 bits per heavy atom. The van der Waals surface area contributed by atoms with Crippen LogP contribution in [0.3, 0.4) is 0 Å². The Kier molecular flexibility index (Phi) is 4.50. The second-order valence-electron chi connectivity index (χ2n) is 4.39. The maximum Gasteiger partial charge on any atom is 0.153 e. The van der Waals surface area contributed by atoms with Crippen molar-refractivity contribution in [3.8, 4) is 23.0 Å². The molecule has 2 aromatic rings. The lowest BCUT2D eigenvalue weighted by Crippen LogP contribution is -2.01. The average molecular weight is 304 g/mol. The summed E-state index contributed by atoms with van der Waals surface area (Å²) in [7, 11) is 5.84. The van der Waals surface area contributed by atoms with Crippen molar-refractivity contribution >= 4 is 23.3 Å². The van der Waals surface area contributed by atoms with Crippen molar-refractivity contribution < 1.29 is 28.5 Å². The standard InChI is InChI=1S/C16H16O6/c1-19-11-5-9(7-17)16(22-4)14-12(20-2)6-10(8-18)15(21-3)13(11)14/h5-8H,1-4H3. The molecule has 2 rings (SSSR count). The number of carbonyl (C=O) groups is 2. The van der Waals surface area contributed by atoms with Gasteiger partial charge in [-0.05, 0) is 12.1 Å². The molecule has 2 aromatic carbocycles. The molecule has 6 nitrogen and oxygen atoms in total. The van der Waals surface area contributed by atoms with Gasteiger partial charge in [0.1, 0.15) is 23.0 Å². The lowest BCUT2D eigenvalue weighted by atomic mass is 9.99. The lowest BCUT2D eigenvalue weighted by Gasteiger charge is -2.18. The number of hydrogen-bond donors (Lipinski definition) is 0. The lowest BCUT2D eigenvalue weighted by molar-refractivity contribution is 0.111. The summed E-state index contributed by atoms with van der Waals surface area (Å²) >= 11 is 0. The van der Waals surface area contributed by atoms with Gasteiger partial charge in [-0.2, -0.15) is 0 Å². The molecule has 0 bridgehead atoms. The van der Waals surface area contributed by atoms with Crippen LogP contribution in [0.1, 0.15) is 20.7 Å². The molecule has 6 heteroatoms. The van der Waals surface area contributed by atoms with Crippen LogP contribution >= 0.6 is 0 Å². The molecular formula is C16H16O6. The highest BCUT2D eigenvalue weighted by atomic mass is 16.5. The second kappa shape index (κ2) is 6.34. The van der Waals surface area contributed by atoms with Crippen molar-refractivity contribution in [2.24, 2.45) is 0 Å². The first-order valence-electron chi connectivity index (χ1n) is 6.40. The molecule has 0 aromatic heterocycles. The molecule has 0 unspecified atom stereocenters. The zero-order valence-electron chi connectivity index (χ0n) is 12.8. The Bertz CT molecular complexity index is 672. The van der Waals surface area contributed by atoms with E-state index in [2.05, 4.69) is 0 Å². The Morgan fingerprint density at radius 3 is 1.27 bits per heavy atom. The minimum Gasteiger partial charge on any atom is -0.496 e. The predicted octanol–water partition coefficient (Wildman–Crippen LogP) is 2.50. The third kappa shape index (κ3) is 2.22. The second-order valence-corrected chi connectivity index (χ2v) is 4.39. The highest BCUT2D eigenvalue weighted by molar-refractivity contribution is 6.09. The van der Waals surface area contributed by atoms with Crippen molar-refractivity contribution in [2.75, 3.05) is 28.4 Å². The smallest absolute Gasteiger partial charge is 0.153 e. The van der Waals surface area contributed by atoms with Crippen LogP contribution < -0.4 is 18.9 Å². The molecule has 0 heterocycles. The van der Waals surface area contributed by atoms with Gasteiger partial charge in [-0.3, -0.25) is 9.59 Å². The quantitative estimate of drug-likeness (QED) is 0.764. The van der Waals surface area contributed by atoms with Crippen LogP contribution in [-0.2, 0) is 0 Å². The van der Waals surface area contributed by atoms with E-state index in [9.17, 15) is 9.59 Å². The van der Waals surface area contributed by atoms with E-state index in [1.165, 1.54) is 40.6 Å². The zero-order valence-corrected chi connectivity index (χ0v) is 12.8. The van der Waals surface area contributed by atoms with Gasteiger partial charge in [-0.1, -0.05) is 0 Å². The van der Waals surface area contributed by atoms with E-state index in [1.807, 2.05) is 0 Å². The molecule has 0 saturated carbocycles. The van der Waals surface area contributed by atoms with Crippen molar-refractivity contribution in [2.45, 2.75) is 0 Å². The van der Waals surface area contributed by atoms with Gasteiger partial charge in [-0.25, -0.2) is 0 Å². The molecule has 0 fully saturated rings. The van der Waals surface area contributed by atoms with Crippen LogP contribution in [-0.4, -0.2) is 41.0 Å². The molecule has 0 radical (unpaired) electrons. The fraction of sp³-hybridized carbons (Fsp3) is 0.250. The summed E-state index contributed by atoms with van der Waals surface area (Å²) in [5, 5.41) is 1.02. The van der Waals surface area contributed by atoms with Gasteiger partial charge < -0.3 is 18.9 Å². The SMILES string of the molecule is COc1cc(C=O)c(OC)c2c(OC)cc(C=O)c(OC)c12. The van der Waals surface area contributed by atoms with Gasteiger partial charge in [0.25, 0.3) is 0 Å².